The summed E-state index contributed by atoms with van der Waals surface area (Å²) in [5.74, 6) is -81.7. The van der Waals surface area contributed by atoms with Crippen LogP contribution >= 0.6 is 34.8 Å². The highest BCUT2D eigenvalue weighted by molar-refractivity contribution is 6.66. The number of carbonyl (C=O) groups excluding carboxylic acids is 3. The van der Waals surface area contributed by atoms with Crippen LogP contribution in [0.2, 0.25) is 0 Å². The molecule has 0 unspecified atom stereocenters. The Morgan fingerprint density at radius 3 is 0.731 bits per heavy atom. The van der Waals surface area contributed by atoms with E-state index in [2.05, 4.69) is 34.8 Å². The standard InChI is InChI=1S/C9ClF17O.C5HClF8O.C3HClF4O/c10-1(28)2(11,12)3(13,14)4(15,16)5(17,18)6(19,20)7(21,22)8(23,24)9(25,26)27;6-1(15)3(9,10)5(13,14)4(11,12)2(7)8;4-1(9)3(7,8)2(5)6/h;2H;2H. The van der Waals surface area contributed by atoms with Crippen LogP contribution in [0.15, 0.2) is 0 Å². The molecule has 35 heteroatoms. The van der Waals surface area contributed by atoms with Crippen molar-refractivity contribution in [1.82, 2.24) is 0 Å². The highest BCUT2D eigenvalue weighted by Gasteiger charge is 2.95. The van der Waals surface area contributed by atoms with E-state index in [0.29, 0.717) is 0 Å². The Balaban J connectivity index is -0.000000828. The molecule has 0 fully saturated rings. The highest BCUT2D eigenvalue weighted by Crippen LogP contribution is 2.64. The number of rotatable bonds is 13. The summed E-state index contributed by atoms with van der Waals surface area (Å²) < 4.78 is 355. The zero-order valence-electron chi connectivity index (χ0n) is 22.0. The van der Waals surface area contributed by atoms with Crippen molar-refractivity contribution in [3.63, 3.8) is 0 Å². The van der Waals surface area contributed by atoms with Gasteiger partial charge in [0.2, 0.25) is 0 Å². The molecule has 0 amide bonds. The van der Waals surface area contributed by atoms with Crippen LogP contribution in [-0.2, 0) is 14.4 Å². The summed E-state index contributed by atoms with van der Waals surface area (Å²) in [4.78, 5) is 29.2. The fraction of sp³-hybridized carbons (Fsp3) is 0.824. The lowest BCUT2D eigenvalue weighted by Gasteiger charge is -2.42. The van der Waals surface area contributed by atoms with Gasteiger partial charge < -0.3 is 0 Å². The Labute approximate surface area is 277 Å². The summed E-state index contributed by atoms with van der Waals surface area (Å²) in [5, 5.41) is -9.39. The molecule has 0 heterocycles. The summed E-state index contributed by atoms with van der Waals surface area (Å²) in [6.07, 6.45) is -16.9. The topological polar surface area (TPSA) is 51.2 Å². The van der Waals surface area contributed by atoms with Gasteiger partial charge >= 0.3 is 84.2 Å². The van der Waals surface area contributed by atoms with Crippen LogP contribution in [0.4, 0.5) is 127 Å². The van der Waals surface area contributed by atoms with Gasteiger partial charge in [-0.2, -0.15) is 110 Å². The van der Waals surface area contributed by atoms with Gasteiger partial charge in [0.05, 0.1) is 0 Å². The Bertz CT molecular complexity index is 1270. The Hall–Kier alpha value is -2.15. The monoisotopic (exact) mass is 910 g/mol. The first kappa shape index (κ1) is 54.2. The molecule has 0 saturated carbocycles. The molecule has 312 valence electrons. The largest absolute Gasteiger partial charge is 0.460 e. The molecule has 0 spiro atoms. The van der Waals surface area contributed by atoms with Crippen LogP contribution in [-0.4, -0.2) is 99.9 Å². The zero-order valence-corrected chi connectivity index (χ0v) is 24.2. The lowest BCUT2D eigenvalue weighted by molar-refractivity contribution is -0.459. The molecule has 0 aromatic carbocycles. The van der Waals surface area contributed by atoms with Crippen LogP contribution in [0, 0.1) is 0 Å². The third-order valence-corrected chi connectivity index (χ3v) is 5.57. The van der Waals surface area contributed by atoms with Crippen LogP contribution in [0.5, 0.6) is 0 Å². The van der Waals surface area contributed by atoms with Crippen molar-refractivity contribution in [2.45, 2.75) is 84.2 Å². The van der Waals surface area contributed by atoms with E-state index in [-0.39, 0.29) is 0 Å². The van der Waals surface area contributed by atoms with Crippen LogP contribution in [0.1, 0.15) is 0 Å². The van der Waals surface area contributed by atoms with Crippen molar-refractivity contribution in [3.05, 3.63) is 0 Å². The predicted octanol–water partition coefficient (Wildman–Crippen LogP) is 10.3. The molecule has 0 atom stereocenters. The van der Waals surface area contributed by atoms with E-state index < -0.39 is 99.9 Å². The smallest absolute Gasteiger partial charge is 0.274 e. The van der Waals surface area contributed by atoms with E-state index >= 15 is 0 Å². The maximum atomic E-state index is 13.0. The highest BCUT2D eigenvalue weighted by atomic mass is 35.5. The second kappa shape index (κ2) is 15.5. The van der Waals surface area contributed by atoms with Gasteiger partial charge in [0.1, 0.15) is 0 Å². The van der Waals surface area contributed by atoms with Crippen molar-refractivity contribution in [2.75, 3.05) is 0 Å². The predicted molar refractivity (Wildman–Crippen MR) is 105 cm³/mol. The maximum absolute atomic E-state index is 13.0. The van der Waals surface area contributed by atoms with Crippen molar-refractivity contribution in [3.8, 4) is 0 Å². The summed E-state index contributed by atoms with van der Waals surface area (Å²) in [5.41, 5.74) is 0. The summed E-state index contributed by atoms with van der Waals surface area (Å²) in [6, 6.07) is 0. The first-order chi connectivity index (χ1) is 22.0. The fourth-order valence-corrected chi connectivity index (χ4v) is 2.16. The molecule has 3 nitrogen and oxygen atoms in total. The van der Waals surface area contributed by atoms with Crippen molar-refractivity contribution in [2.24, 2.45) is 0 Å². The fourth-order valence-electron chi connectivity index (χ4n) is 1.84. The number of hydrogen-bond acceptors (Lipinski definition) is 3. The Morgan fingerprint density at radius 2 is 0.558 bits per heavy atom. The van der Waals surface area contributed by atoms with Crippen molar-refractivity contribution >= 4 is 50.5 Å². The van der Waals surface area contributed by atoms with Crippen molar-refractivity contribution in [1.29, 1.82) is 0 Å². The minimum atomic E-state index is -8.72. The molecule has 0 saturated heterocycles. The number of carbonyl (C=O) groups is 3. The van der Waals surface area contributed by atoms with Gasteiger partial charge in [-0.25, -0.2) is 17.6 Å². The van der Waals surface area contributed by atoms with Crippen LogP contribution in [0.25, 0.3) is 0 Å². The molecule has 0 aliphatic carbocycles. The van der Waals surface area contributed by atoms with Gasteiger partial charge in [-0.3, -0.25) is 14.4 Å². The summed E-state index contributed by atoms with van der Waals surface area (Å²) in [7, 11) is 0. The van der Waals surface area contributed by atoms with Gasteiger partial charge in [0, 0.05) is 0 Å². The number of hydrogen-bond donors (Lipinski definition) is 0. The number of halogens is 32. The van der Waals surface area contributed by atoms with E-state index in [0.717, 1.165) is 0 Å². The summed E-state index contributed by atoms with van der Waals surface area (Å²) >= 11 is 11.7. The lowest BCUT2D eigenvalue weighted by Crippen LogP contribution is -2.74. The third-order valence-electron chi connectivity index (χ3n) is 4.84. The van der Waals surface area contributed by atoms with Crippen LogP contribution < -0.4 is 0 Å². The Kier molecular flexibility index (Phi) is 16.2. The van der Waals surface area contributed by atoms with Gasteiger partial charge in [-0.15, -0.1) is 0 Å². The lowest BCUT2D eigenvalue weighted by atomic mass is 9.89. The average Bonchev–Trinajstić information content (AvgIpc) is 2.91. The van der Waals surface area contributed by atoms with Crippen molar-refractivity contribution < 1.29 is 142 Å². The quantitative estimate of drug-likeness (QED) is 0.137. The minimum Gasteiger partial charge on any atom is -0.274 e. The SMILES string of the molecule is O=C(Cl)C(F)(F)C(F)(F)C(F)(F)C(F)(F)C(F)(F)C(F)(F)C(F)(F)C(F)(F)F.O=C(Cl)C(F)(F)C(F)(F)C(F)(F)C(F)F.O=C(Cl)C(F)(F)C(F)F. The zero-order chi connectivity index (χ0) is 43.9. The molecular weight excluding hydrogens is 909 g/mol. The molecule has 0 N–H and O–H groups in total. The molecule has 0 aliphatic heterocycles. The van der Waals surface area contributed by atoms with E-state index in [1.54, 1.807) is 0 Å². The van der Waals surface area contributed by atoms with E-state index in [1.807, 2.05) is 0 Å². The third kappa shape index (κ3) is 8.86. The second-order valence-corrected chi connectivity index (χ2v) is 9.37. The van der Waals surface area contributed by atoms with Gasteiger partial charge in [-0.05, 0) is 34.8 Å². The van der Waals surface area contributed by atoms with Gasteiger partial charge in [0.15, 0.2) is 0 Å². The van der Waals surface area contributed by atoms with E-state index in [9.17, 15) is 142 Å². The van der Waals surface area contributed by atoms with Gasteiger partial charge in [0.25, 0.3) is 15.7 Å². The summed E-state index contributed by atoms with van der Waals surface area (Å²) in [6.45, 7) is 0. The molecule has 0 bridgehead atoms. The molecule has 0 rings (SSSR count). The van der Waals surface area contributed by atoms with Gasteiger partial charge in [-0.1, -0.05) is 0 Å². The molecular formula is C17H2Cl3F29O3. The molecule has 0 aromatic rings. The maximum Gasteiger partial charge on any atom is 0.460 e. The molecule has 0 aromatic heterocycles. The Morgan fingerprint density at radius 1 is 0.327 bits per heavy atom. The number of alkyl halides is 29. The first-order valence-corrected chi connectivity index (χ1v) is 11.5. The van der Waals surface area contributed by atoms with E-state index in [1.165, 1.54) is 0 Å². The van der Waals surface area contributed by atoms with Crippen LogP contribution in [0.3, 0.4) is 0 Å². The average molecular weight is 912 g/mol. The molecule has 52 heavy (non-hydrogen) atoms. The molecule has 0 aliphatic rings. The molecule has 0 radical (unpaired) electrons. The second-order valence-electron chi connectivity index (χ2n) is 8.34. The minimum absolute atomic E-state index is 2.34. The first-order valence-electron chi connectivity index (χ1n) is 10.4. The normalized spacial score (nSPS) is 15.1. The van der Waals surface area contributed by atoms with E-state index in [4.69, 9.17) is 0 Å².